The van der Waals surface area contributed by atoms with Crippen LogP contribution in [-0.4, -0.2) is 0 Å². The molecule has 0 saturated carbocycles. The summed E-state index contributed by atoms with van der Waals surface area (Å²) in [5.41, 5.74) is 6.89. The lowest BCUT2D eigenvalue weighted by Crippen LogP contribution is -2.28. The van der Waals surface area contributed by atoms with Crippen molar-refractivity contribution in [1.82, 2.24) is 0 Å². The van der Waals surface area contributed by atoms with Crippen LogP contribution in [0.25, 0.3) is 33.5 Å². The van der Waals surface area contributed by atoms with Gasteiger partial charge in [0.15, 0.2) is 0 Å². The highest BCUT2D eigenvalue weighted by molar-refractivity contribution is 5.93. The summed E-state index contributed by atoms with van der Waals surface area (Å²) < 4.78 is 0. The molecule has 0 heteroatoms. The van der Waals surface area contributed by atoms with Gasteiger partial charge in [-0.25, -0.2) is 0 Å². The van der Waals surface area contributed by atoms with Gasteiger partial charge in [-0.1, -0.05) is 91.7 Å². The Hall–Kier alpha value is -2.60. The Bertz CT molecular complexity index is 1090. The van der Waals surface area contributed by atoms with Gasteiger partial charge in [-0.15, -0.1) is 0 Å². The minimum absolute atomic E-state index is 1.03. The van der Waals surface area contributed by atoms with Crippen molar-refractivity contribution >= 4 is 22.4 Å². The van der Waals surface area contributed by atoms with Crippen LogP contribution in [0.1, 0.15) is 46.6 Å². The van der Waals surface area contributed by atoms with Gasteiger partial charge in [0.25, 0.3) is 0 Å². The maximum Gasteiger partial charge on any atom is -0.00678 e. The first-order valence-corrected chi connectivity index (χ1v) is 10.0. The Morgan fingerprint density at radius 1 is 0.852 bits per heavy atom. The van der Waals surface area contributed by atoms with E-state index < -0.39 is 0 Å². The Morgan fingerprint density at radius 2 is 1.56 bits per heavy atom. The lowest BCUT2D eigenvalue weighted by Gasteiger charge is -2.14. The van der Waals surface area contributed by atoms with E-state index in [1.165, 1.54) is 49.0 Å². The molecule has 0 amide bonds. The molecule has 0 N–H and O–H groups in total. The Labute approximate surface area is 163 Å². The molecule has 0 saturated heterocycles. The topological polar surface area (TPSA) is 0 Å². The molecule has 0 aliphatic carbocycles. The summed E-state index contributed by atoms with van der Waals surface area (Å²) in [6, 6.07) is 19.9. The van der Waals surface area contributed by atoms with Crippen LogP contribution in [-0.2, 0) is 6.42 Å². The minimum Gasteiger partial charge on any atom is -0.0764 e. The fourth-order valence-corrected chi connectivity index (χ4v) is 3.79. The van der Waals surface area contributed by atoms with Crippen molar-refractivity contribution < 1.29 is 0 Å². The van der Waals surface area contributed by atoms with Crippen molar-refractivity contribution in [2.24, 2.45) is 0 Å². The Kier molecular flexibility index (Phi) is 5.96. The van der Waals surface area contributed by atoms with E-state index in [-0.39, 0.29) is 0 Å². The lowest BCUT2D eigenvalue weighted by atomic mass is 9.90. The third-order valence-corrected chi connectivity index (χ3v) is 5.32. The fourth-order valence-electron chi connectivity index (χ4n) is 3.79. The van der Waals surface area contributed by atoms with E-state index in [9.17, 15) is 0 Å². The summed E-state index contributed by atoms with van der Waals surface area (Å²) >= 11 is 0. The smallest absolute Gasteiger partial charge is 0.00678 e. The molecule has 0 aliphatic heterocycles. The molecule has 0 spiro atoms. The monoisotopic (exact) mass is 354 g/mol. The van der Waals surface area contributed by atoms with Crippen LogP contribution in [0.3, 0.4) is 0 Å². The van der Waals surface area contributed by atoms with Gasteiger partial charge in [-0.05, 0) is 71.5 Å². The molecule has 0 bridgehead atoms. The van der Waals surface area contributed by atoms with Crippen molar-refractivity contribution in [2.75, 3.05) is 0 Å². The van der Waals surface area contributed by atoms with E-state index >= 15 is 0 Å². The predicted molar refractivity (Wildman–Crippen MR) is 121 cm³/mol. The summed E-state index contributed by atoms with van der Waals surface area (Å²) in [7, 11) is 0. The van der Waals surface area contributed by atoms with Gasteiger partial charge >= 0.3 is 0 Å². The second kappa shape index (κ2) is 8.39. The summed E-state index contributed by atoms with van der Waals surface area (Å²) in [6.45, 7) is 11.1. The van der Waals surface area contributed by atoms with Gasteiger partial charge < -0.3 is 0 Å². The maximum atomic E-state index is 2.29. The minimum atomic E-state index is 1.03. The molecule has 0 heterocycles. The number of allylic oxidation sites excluding steroid dienone is 2. The van der Waals surface area contributed by atoms with E-state index in [4.69, 9.17) is 0 Å². The van der Waals surface area contributed by atoms with Gasteiger partial charge in [0, 0.05) is 0 Å². The fraction of sp³-hybridized carbons (Fsp3) is 0.259. The van der Waals surface area contributed by atoms with Crippen LogP contribution >= 0.6 is 0 Å². The molecule has 3 aromatic carbocycles. The quantitative estimate of drug-likeness (QED) is 0.509. The molecule has 0 unspecified atom stereocenters. The summed E-state index contributed by atoms with van der Waals surface area (Å²) in [5.74, 6) is 0. The van der Waals surface area contributed by atoms with E-state index in [0.29, 0.717) is 0 Å². The number of rotatable bonds is 4. The zero-order valence-electron chi connectivity index (χ0n) is 17.3. The third kappa shape index (κ3) is 3.90. The lowest BCUT2D eigenvalue weighted by molar-refractivity contribution is 1.15. The highest BCUT2D eigenvalue weighted by Gasteiger charge is 2.10. The van der Waals surface area contributed by atoms with Gasteiger partial charge in [0.1, 0.15) is 0 Å². The van der Waals surface area contributed by atoms with Gasteiger partial charge in [-0.2, -0.15) is 0 Å². The second-order valence-electron chi connectivity index (χ2n) is 7.48. The molecule has 0 nitrogen and oxygen atoms in total. The third-order valence-electron chi connectivity index (χ3n) is 5.32. The summed E-state index contributed by atoms with van der Waals surface area (Å²) in [4.78, 5) is 0. The molecule has 27 heavy (non-hydrogen) atoms. The van der Waals surface area contributed by atoms with E-state index in [0.717, 1.165) is 12.8 Å². The molecule has 0 aliphatic rings. The van der Waals surface area contributed by atoms with Crippen LogP contribution in [0.5, 0.6) is 0 Å². The molecule has 0 aromatic heterocycles. The van der Waals surface area contributed by atoms with Crippen molar-refractivity contribution in [2.45, 2.75) is 47.5 Å². The van der Waals surface area contributed by atoms with E-state index in [1.807, 2.05) is 0 Å². The summed E-state index contributed by atoms with van der Waals surface area (Å²) in [5, 5.41) is 5.50. The van der Waals surface area contributed by atoms with E-state index in [2.05, 4.69) is 101 Å². The largest absolute Gasteiger partial charge is 0.0764 e. The average molecular weight is 355 g/mol. The normalized spacial score (nSPS) is 13.0. The Balaban J connectivity index is 2.52. The van der Waals surface area contributed by atoms with Crippen LogP contribution in [0.2, 0.25) is 0 Å². The van der Waals surface area contributed by atoms with Crippen LogP contribution in [0.4, 0.5) is 0 Å². The van der Waals surface area contributed by atoms with Gasteiger partial charge in [0.05, 0.1) is 0 Å². The molecule has 0 atom stereocenters. The zero-order valence-corrected chi connectivity index (χ0v) is 17.3. The number of benzene rings is 3. The van der Waals surface area contributed by atoms with E-state index in [1.54, 1.807) is 0 Å². The van der Waals surface area contributed by atoms with Gasteiger partial charge in [0.2, 0.25) is 0 Å². The first-order valence-electron chi connectivity index (χ1n) is 10.0. The second-order valence-corrected chi connectivity index (χ2v) is 7.48. The Morgan fingerprint density at radius 3 is 2.19 bits per heavy atom. The van der Waals surface area contributed by atoms with Crippen LogP contribution < -0.4 is 10.4 Å². The van der Waals surface area contributed by atoms with Gasteiger partial charge in [-0.3, -0.25) is 0 Å². The summed E-state index contributed by atoms with van der Waals surface area (Å²) in [6.07, 6.45) is 6.59. The zero-order chi connectivity index (χ0) is 19.4. The number of hydrogen-bond acceptors (Lipinski definition) is 0. The number of aryl methyl sites for hydroxylation is 1. The molecule has 3 rings (SSSR count). The molecular formula is C27H30. The highest BCUT2D eigenvalue weighted by atomic mass is 14.1. The molecule has 0 radical (unpaired) electrons. The maximum absolute atomic E-state index is 2.29. The van der Waals surface area contributed by atoms with Crippen molar-refractivity contribution in [3.63, 3.8) is 0 Å². The van der Waals surface area contributed by atoms with Crippen molar-refractivity contribution in [3.8, 4) is 11.1 Å². The first-order chi connectivity index (χ1) is 13.1. The average Bonchev–Trinajstić information content (AvgIpc) is 2.70. The molecule has 0 fully saturated rings. The highest BCUT2D eigenvalue weighted by Crippen LogP contribution is 2.29. The van der Waals surface area contributed by atoms with Crippen molar-refractivity contribution in [1.29, 1.82) is 0 Å². The molecular weight excluding hydrogens is 324 g/mol. The molecule has 138 valence electrons. The number of fused-ring (bicyclic) bond motifs is 1. The first kappa shape index (κ1) is 19.2. The van der Waals surface area contributed by atoms with Crippen molar-refractivity contribution in [3.05, 3.63) is 82.2 Å². The van der Waals surface area contributed by atoms with Crippen LogP contribution in [0, 0.1) is 0 Å². The predicted octanol–water partition coefficient (Wildman–Crippen LogP) is 6.40. The number of hydrogen-bond donors (Lipinski definition) is 0. The van der Waals surface area contributed by atoms with Crippen LogP contribution in [0.15, 0.2) is 66.2 Å². The SMILES string of the molecule is CC/C(C)=c1\c(=C/C=C(C)C)ccc2ccc(-c3ccccc3)c(CC)c12. The standard InChI is InChI=1S/C27H30/c1-6-20(5)26-22(14-13-19(3)4)15-16-23-17-18-25(24(7-2)27(23)26)21-11-9-8-10-12-21/h8-18H,6-7H2,1-5H3/b22-14-,26-20+. The molecule has 3 aromatic rings.